The van der Waals surface area contributed by atoms with Crippen LogP contribution in [-0.4, -0.2) is 108 Å². The molecule has 17 nitrogen and oxygen atoms in total. The molecular weight excluding hydrogens is 922 g/mol. The number of aromatic nitrogens is 2. The average molecular weight is 985 g/mol. The standard InChI is InChI=1S/C50H62ClN9O8S/c1-30(2)68-41-27-35(32(5)26-39(41)56-50-54-28-36(51)46(58-50)55-37-15-9-10-17-42(37)69(66,67)31(3)4)33-20-24-59(25-21-33)29-44(62)53-23-12-8-6-7-11-22-52-38-16-13-14-34-45(38)49(65)60(48(34)64)40-18-19-43(61)57-47(40)63/h9-10,13-17,26-28,30-31,33,40,52H,6-8,11-12,18-25,29H2,1-5H3,(H,53,62)(H,57,61,63)(H2,54,55,56,58). The fraction of sp³-hybridized carbons (Fsp3) is 0.460. The predicted molar refractivity (Wildman–Crippen MR) is 265 cm³/mol. The highest BCUT2D eigenvalue weighted by Crippen LogP contribution is 2.39. The van der Waals surface area contributed by atoms with Gasteiger partial charge in [-0.2, -0.15) is 4.98 Å². The summed E-state index contributed by atoms with van der Waals surface area (Å²) in [6.07, 6.45) is 7.92. The fourth-order valence-electron chi connectivity index (χ4n) is 8.98. The summed E-state index contributed by atoms with van der Waals surface area (Å²) in [6.45, 7) is 12.4. The van der Waals surface area contributed by atoms with Crippen molar-refractivity contribution in [2.45, 2.75) is 121 Å². The van der Waals surface area contributed by atoms with Crippen molar-refractivity contribution in [2.75, 3.05) is 48.7 Å². The molecule has 0 saturated carbocycles. The van der Waals surface area contributed by atoms with Crippen molar-refractivity contribution in [3.8, 4) is 5.75 Å². The number of benzene rings is 3. The van der Waals surface area contributed by atoms with E-state index in [1.807, 2.05) is 19.9 Å². The summed E-state index contributed by atoms with van der Waals surface area (Å²) in [7, 11) is -3.59. The van der Waals surface area contributed by atoms with Crippen LogP contribution < -0.4 is 31.3 Å². The molecular formula is C50H62ClN9O8S. The first-order chi connectivity index (χ1) is 33.0. The number of unbranched alkanes of at least 4 members (excludes halogenated alkanes) is 4. The Morgan fingerprint density at radius 1 is 0.870 bits per heavy atom. The third-order valence-corrected chi connectivity index (χ3v) is 15.1. The third-order valence-electron chi connectivity index (χ3n) is 12.6. The third kappa shape index (κ3) is 12.2. The summed E-state index contributed by atoms with van der Waals surface area (Å²) in [5.41, 5.74) is 4.37. The molecule has 19 heteroatoms. The summed E-state index contributed by atoms with van der Waals surface area (Å²) in [5.74, 6) is -0.651. The zero-order valence-corrected chi connectivity index (χ0v) is 41.4. The number of imide groups is 2. The average Bonchev–Trinajstić information content (AvgIpc) is 3.56. The van der Waals surface area contributed by atoms with Crippen LogP contribution in [0.25, 0.3) is 0 Å². The van der Waals surface area contributed by atoms with Gasteiger partial charge in [-0.25, -0.2) is 13.4 Å². The number of sulfone groups is 1. The van der Waals surface area contributed by atoms with E-state index in [1.54, 1.807) is 56.3 Å². The van der Waals surface area contributed by atoms with Crippen LogP contribution >= 0.6 is 11.6 Å². The van der Waals surface area contributed by atoms with Crippen molar-refractivity contribution in [1.29, 1.82) is 0 Å². The molecule has 0 spiro atoms. The maximum atomic E-state index is 13.3. The van der Waals surface area contributed by atoms with Crippen molar-refractivity contribution < 1.29 is 37.1 Å². The number of amides is 5. The molecule has 3 aromatic carbocycles. The van der Waals surface area contributed by atoms with Gasteiger partial charge >= 0.3 is 0 Å². The van der Waals surface area contributed by atoms with Gasteiger partial charge in [0.05, 0.1) is 51.5 Å². The molecule has 1 unspecified atom stereocenters. The number of rotatable bonds is 21. The van der Waals surface area contributed by atoms with Crippen LogP contribution in [0.5, 0.6) is 5.75 Å². The number of piperidine rings is 2. The summed E-state index contributed by atoms with van der Waals surface area (Å²) in [4.78, 5) is 75.8. The van der Waals surface area contributed by atoms with Crippen molar-refractivity contribution in [3.05, 3.63) is 88.1 Å². The number of hydrogen-bond donors (Lipinski definition) is 5. The maximum absolute atomic E-state index is 13.3. The van der Waals surface area contributed by atoms with E-state index in [9.17, 15) is 32.4 Å². The number of likely N-dealkylation sites (tertiary alicyclic amines) is 1. The molecule has 2 fully saturated rings. The number of halogens is 1. The van der Waals surface area contributed by atoms with Crippen molar-refractivity contribution in [3.63, 3.8) is 0 Å². The van der Waals surface area contributed by atoms with Gasteiger partial charge in [-0.3, -0.25) is 39.1 Å². The summed E-state index contributed by atoms with van der Waals surface area (Å²) in [6, 6.07) is 14.8. The van der Waals surface area contributed by atoms with E-state index in [0.29, 0.717) is 42.4 Å². The monoisotopic (exact) mass is 983 g/mol. The van der Waals surface area contributed by atoms with E-state index in [2.05, 4.69) is 54.4 Å². The van der Waals surface area contributed by atoms with Crippen LogP contribution in [0.4, 0.5) is 28.8 Å². The molecule has 368 valence electrons. The predicted octanol–water partition coefficient (Wildman–Crippen LogP) is 7.65. The highest BCUT2D eigenvalue weighted by atomic mass is 35.5. The van der Waals surface area contributed by atoms with Crippen LogP contribution in [0.1, 0.15) is 123 Å². The molecule has 0 aliphatic carbocycles. The molecule has 69 heavy (non-hydrogen) atoms. The van der Waals surface area contributed by atoms with E-state index < -0.39 is 44.8 Å². The summed E-state index contributed by atoms with van der Waals surface area (Å²) < 4.78 is 32.5. The van der Waals surface area contributed by atoms with Gasteiger partial charge in [0.25, 0.3) is 11.8 Å². The zero-order valence-electron chi connectivity index (χ0n) is 39.8. The lowest BCUT2D eigenvalue weighted by atomic mass is 9.86. The quantitative estimate of drug-likeness (QED) is 0.0400. The number of carbonyl (C=O) groups excluding carboxylic acids is 5. The van der Waals surface area contributed by atoms with E-state index >= 15 is 0 Å². The Morgan fingerprint density at radius 2 is 1.58 bits per heavy atom. The lowest BCUT2D eigenvalue weighted by Gasteiger charge is -2.33. The first-order valence-electron chi connectivity index (χ1n) is 23.8. The minimum atomic E-state index is -3.59. The van der Waals surface area contributed by atoms with Gasteiger partial charge in [0, 0.05) is 25.2 Å². The van der Waals surface area contributed by atoms with Gasteiger partial charge in [-0.05, 0) is 133 Å². The number of anilines is 5. The minimum absolute atomic E-state index is 0.0176. The Balaban J connectivity index is 0.831. The highest BCUT2D eigenvalue weighted by Gasteiger charge is 2.45. The lowest BCUT2D eigenvalue weighted by molar-refractivity contribution is -0.136. The molecule has 5 N–H and O–H groups in total. The maximum Gasteiger partial charge on any atom is 0.264 e. The van der Waals surface area contributed by atoms with Gasteiger partial charge in [0.1, 0.15) is 16.8 Å². The first kappa shape index (κ1) is 50.8. The van der Waals surface area contributed by atoms with Crippen molar-refractivity contribution >= 4 is 79.8 Å². The van der Waals surface area contributed by atoms with Crippen LogP contribution in [0.15, 0.2) is 65.7 Å². The number of hydrogen-bond acceptors (Lipinski definition) is 14. The second-order valence-corrected chi connectivity index (χ2v) is 21.3. The Kier molecular flexibility index (Phi) is 16.6. The van der Waals surface area contributed by atoms with Gasteiger partial charge in [-0.1, -0.05) is 49.1 Å². The molecule has 0 bridgehead atoms. The molecule has 2 saturated heterocycles. The normalized spacial score (nSPS) is 16.8. The summed E-state index contributed by atoms with van der Waals surface area (Å²) in [5, 5.41) is 14.6. The smallest absolute Gasteiger partial charge is 0.264 e. The largest absolute Gasteiger partial charge is 0.489 e. The number of aryl methyl sites for hydroxylation is 1. The van der Waals surface area contributed by atoms with Crippen LogP contribution in [-0.2, 0) is 24.2 Å². The van der Waals surface area contributed by atoms with Crippen molar-refractivity contribution in [1.82, 2.24) is 30.4 Å². The number of nitrogens with zero attached hydrogens (tertiary/aromatic N) is 4. The first-order valence-corrected chi connectivity index (χ1v) is 25.7. The minimum Gasteiger partial charge on any atom is -0.489 e. The Morgan fingerprint density at radius 3 is 2.30 bits per heavy atom. The lowest BCUT2D eigenvalue weighted by Crippen LogP contribution is -2.54. The van der Waals surface area contributed by atoms with E-state index in [0.717, 1.165) is 68.5 Å². The van der Waals surface area contributed by atoms with Crippen LogP contribution in [0.2, 0.25) is 5.02 Å². The number of carbonyl (C=O) groups is 5. The molecule has 3 aliphatic heterocycles. The number of fused-ring (bicyclic) bond motifs is 1. The second-order valence-electron chi connectivity index (χ2n) is 18.4. The molecule has 4 aromatic rings. The SMILES string of the molecule is Cc1cc(Nc2ncc(Cl)c(Nc3ccccc3S(=O)(=O)C(C)C)n2)c(OC(C)C)cc1C1CCN(CC(=O)NCCCCCCCNc2cccc3c2C(=O)N(C2CCC(=O)NC2=O)C3=O)CC1. The van der Waals surface area contributed by atoms with Gasteiger partial charge in [-0.15, -0.1) is 0 Å². The van der Waals surface area contributed by atoms with E-state index in [4.69, 9.17) is 16.3 Å². The Bertz CT molecular complexity index is 2690. The highest BCUT2D eigenvalue weighted by molar-refractivity contribution is 7.92. The summed E-state index contributed by atoms with van der Waals surface area (Å²) >= 11 is 6.51. The second kappa shape index (κ2) is 22.5. The van der Waals surface area contributed by atoms with Crippen LogP contribution in [0.3, 0.4) is 0 Å². The molecule has 3 aliphatic rings. The number of nitrogens with one attached hydrogen (secondary N) is 5. The van der Waals surface area contributed by atoms with E-state index in [-0.39, 0.29) is 63.6 Å². The van der Waals surface area contributed by atoms with Crippen LogP contribution in [0, 0.1) is 6.92 Å². The Hall–Kier alpha value is -6.11. The molecule has 4 heterocycles. The zero-order chi connectivity index (χ0) is 49.4. The molecule has 1 aromatic heterocycles. The number of ether oxygens (including phenoxy) is 1. The van der Waals surface area contributed by atoms with Gasteiger partial charge in [0.2, 0.25) is 23.7 Å². The van der Waals surface area contributed by atoms with Gasteiger partial charge < -0.3 is 26.0 Å². The Labute approximate surface area is 408 Å². The van der Waals surface area contributed by atoms with Gasteiger partial charge in [0.15, 0.2) is 15.7 Å². The molecule has 1 atom stereocenters. The van der Waals surface area contributed by atoms with E-state index in [1.165, 1.54) is 11.8 Å². The van der Waals surface area contributed by atoms with Crippen molar-refractivity contribution in [2.24, 2.45) is 0 Å². The number of para-hydroxylation sites is 1. The molecule has 0 radical (unpaired) electrons. The molecule has 5 amide bonds. The fourth-order valence-corrected chi connectivity index (χ4v) is 10.3. The molecule has 7 rings (SSSR count). The topological polar surface area (TPSA) is 221 Å².